The Labute approximate surface area is 84.9 Å². The highest BCUT2D eigenvalue weighted by Gasteiger charge is 2.06. The van der Waals surface area contributed by atoms with Gasteiger partial charge in [0, 0.05) is 0 Å². The Hall–Kier alpha value is -0.900. The smallest absolute Gasteiger partial charge is 0.0599 e. The molecule has 0 aromatic heterocycles. The van der Waals surface area contributed by atoms with Gasteiger partial charge >= 0.3 is 0 Å². The summed E-state index contributed by atoms with van der Waals surface area (Å²) in [4.78, 5) is 8.44. The first kappa shape index (κ1) is 11.2. The zero-order valence-corrected chi connectivity index (χ0v) is 8.96. The lowest BCUT2D eigenvalue weighted by molar-refractivity contribution is -0.130. The van der Waals surface area contributed by atoms with Crippen LogP contribution in [-0.4, -0.2) is 14.2 Å². The second kappa shape index (κ2) is 5.75. The van der Waals surface area contributed by atoms with Crippen LogP contribution in [0, 0.1) is 6.92 Å². The average Bonchev–Trinajstić information content (AvgIpc) is 2.21. The zero-order chi connectivity index (χ0) is 10.4. The summed E-state index contributed by atoms with van der Waals surface area (Å²) in [5, 5.41) is 0. The molecule has 0 saturated carbocycles. The molecule has 3 nitrogen and oxygen atoms in total. The summed E-state index contributed by atoms with van der Waals surface area (Å²) >= 11 is 0. The number of hydrogen-bond acceptors (Lipinski definition) is 3. The van der Waals surface area contributed by atoms with E-state index in [1.807, 2.05) is 0 Å². The monoisotopic (exact) mass is 195 g/mol. The lowest BCUT2D eigenvalue weighted by Crippen LogP contribution is -2.07. The summed E-state index contributed by atoms with van der Waals surface area (Å²) in [5.41, 5.74) is 6.62. The second-order valence-corrected chi connectivity index (χ2v) is 3.25. The van der Waals surface area contributed by atoms with Crippen LogP contribution in [0.4, 0.5) is 0 Å². The van der Waals surface area contributed by atoms with Crippen LogP contribution in [0.15, 0.2) is 18.2 Å². The van der Waals surface area contributed by atoms with Crippen LogP contribution in [0.5, 0.6) is 0 Å². The minimum Gasteiger partial charge on any atom is -0.280 e. The van der Waals surface area contributed by atoms with Crippen molar-refractivity contribution in [3.8, 4) is 0 Å². The SMILES string of the molecule is CONOC.Cc1cc2ccc1CC2. The second-order valence-electron chi connectivity index (χ2n) is 3.25. The van der Waals surface area contributed by atoms with Gasteiger partial charge in [-0.1, -0.05) is 23.8 Å². The van der Waals surface area contributed by atoms with Crippen molar-refractivity contribution < 1.29 is 9.68 Å². The largest absolute Gasteiger partial charge is 0.280 e. The van der Waals surface area contributed by atoms with Crippen LogP contribution in [-0.2, 0) is 22.5 Å². The fourth-order valence-electron chi connectivity index (χ4n) is 1.56. The van der Waals surface area contributed by atoms with Crippen molar-refractivity contribution in [1.82, 2.24) is 5.64 Å². The summed E-state index contributed by atoms with van der Waals surface area (Å²) in [5.74, 6) is 0. The van der Waals surface area contributed by atoms with Crippen molar-refractivity contribution in [3.05, 3.63) is 34.9 Å². The van der Waals surface area contributed by atoms with Gasteiger partial charge < -0.3 is 0 Å². The Bertz CT molecular complexity index is 285. The first-order chi connectivity index (χ1) is 6.77. The predicted molar refractivity (Wildman–Crippen MR) is 55.7 cm³/mol. The van der Waals surface area contributed by atoms with E-state index in [0.29, 0.717) is 0 Å². The van der Waals surface area contributed by atoms with Gasteiger partial charge in [0.05, 0.1) is 14.2 Å². The molecule has 0 aliphatic heterocycles. The van der Waals surface area contributed by atoms with Crippen molar-refractivity contribution in [3.63, 3.8) is 0 Å². The molecule has 1 aromatic carbocycles. The normalized spacial score (nSPS) is 12.2. The fraction of sp³-hybridized carbons (Fsp3) is 0.455. The Morgan fingerprint density at radius 2 is 1.86 bits per heavy atom. The molecule has 0 spiro atoms. The summed E-state index contributed by atoms with van der Waals surface area (Å²) < 4.78 is 0. The first-order valence-corrected chi connectivity index (χ1v) is 4.67. The van der Waals surface area contributed by atoms with Gasteiger partial charge in [-0.25, -0.2) is 0 Å². The van der Waals surface area contributed by atoms with Gasteiger partial charge in [-0.15, -0.1) is 0 Å². The molecule has 1 aromatic rings. The summed E-state index contributed by atoms with van der Waals surface area (Å²) in [6, 6.07) is 6.76. The van der Waals surface area contributed by atoms with Crippen LogP contribution in [0.2, 0.25) is 0 Å². The molecule has 2 aliphatic rings. The third-order valence-corrected chi connectivity index (χ3v) is 2.26. The van der Waals surface area contributed by atoms with Crippen molar-refractivity contribution in [1.29, 1.82) is 0 Å². The first-order valence-electron chi connectivity index (χ1n) is 4.67. The Kier molecular flexibility index (Phi) is 4.59. The molecule has 1 N–H and O–H groups in total. The van der Waals surface area contributed by atoms with E-state index >= 15 is 0 Å². The molecule has 0 fully saturated rings. The maximum atomic E-state index is 4.22. The van der Waals surface area contributed by atoms with E-state index in [9.17, 15) is 0 Å². The van der Waals surface area contributed by atoms with E-state index in [1.54, 1.807) is 0 Å². The Balaban J connectivity index is 0.000000171. The molecule has 0 heterocycles. The average molecular weight is 195 g/mol. The third kappa shape index (κ3) is 3.10. The molecular weight excluding hydrogens is 178 g/mol. The quantitative estimate of drug-likeness (QED) is 0.730. The maximum absolute atomic E-state index is 4.22. The molecule has 0 radical (unpaired) electrons. The minimum absolute atomic E-state index is 1.27. The van der Waals surface area contributed by atoms with Crippen LogP contribution in [0.1, 0.15) is 16.7 Å². The maximum Gasteiger partial charge on any atom is 0.0599 e. The lowest BCUT2D eigenvalue weighted by atomic mass is 9.92. The van der Waals surface area contributed by atoms with Gasteiger partial charge in [-0.2, -0.15) is 0 Å². The van der Waals surface area contributed by atoms with E-state index in [2.05, 4.69) is 40.4 Å². The molecule has 3 rings (SSSR count). The summed E-state index contributed by atoms with van der Waals surface area (Å²) in [6.45, 7) is 2.19. The molecule has 2 bridgehead atoms. The number of nitrogens with one attached hydrogen (secondary N) is 1. The summed E-state index contributed by atoms with van der Waals surface area (Å²) in [6.07, 6.45) is 2.54. The van der Waals surface area contributed by atoms with Crippen LogP contribution < -0.4 is 5.64 Å². The van der Waals surface area contributed by atoms with Gasteiger partial charge in [0.25, 0.3) is 0 Å². The highest BCUT2D eigenvalue weighted by atomic mass is 16.9. The van der Waals surface area contributed by atoms with Crippen molar-refractivity contribution in [2.45, 2.75) is 19.8 Å². The molecule has 3 heteroatoms. The number of benzene rings is 1. The Morgan fingerprint density at radius 1 is 1.14 bits per heavy atom. The molecule has 2 aliphatic carbocycles. The van der Waals surface area contributed by atoms with Crippen molar-refractivity contribution >= 4 is 0 Å². The van der Waals surface area contributed by atoms with Crippen LogP contribution in [0.25, 0.3) is 0 Å². The van der Waals surface area contributed by atoms with Crippen LogP contribution >= 0.6 is 0 Å². The van der Waals surface area contributed by atoms with Crippen molar-refractivity contribution in [2.75, 3.05) is 14.2 Å². The zero-order valence-electron chi connectivity index (χ0n) is 8.96. The van der Waals surface area contributed by atoms with E-state index in [1.165, 1.54) is 43.8 Å². The molecule has 0 saturated heterocycles. The highest BCUT2D eigenvalue weighted by Crippen LogP contribution is 2.19. The van der Waals surface area contributed by atoms with E-state index in [0.717, 1.165) is 0 Å². The summed E-state index contributed by atoms with van der Waals surface area (Å²) in [7, 11) is 2.95. The standard InChI is InChI=1S/C9H10.C2H7NO2/c1-7-6-8-2-4-9(7)5-3-8;1-4-3-5-2/h2,4,6H,3,5H2,1H3;3H,1-2H3. The molecule has 78 valence electrons. The van der Waals surface area contributed by atoms with E-state index in [-0.39, 0.29) is 0 Å². The number of rotatable bonds is 2. The number of aryl methyl sites for hydroxylation is 3. The van der Waals surface area contributed by atoms with E-state index in [4.69, 9.17) is 0 Å². The van der Waals surface area contributed by atoms with Crippen LogP contribution in [0.3, 0.4) is 0 Å². The molecular formula is C11H17NO2. The van der Waals surface area contributed by atoms with Gasteiger partial charge in [-0.3, -0.25) is 9.68 Å². The van der Waals surface area contributed by atoms with Gasteiger partial charge in [-0.05, 0) is 36.5 Å². The molecule has 0 amide bonds. The van der Waals surface area contributed by atoms with Gasteiger partial charge in [0.1, 0.15) is 0 Å². The lowest BCUT2D eigenvalue weighted by Gasteiger charge is -2.14. The highest BCUT2D eigenvalue weighted by molar-refractivity contribution is 5.35. The topological polar surface area (TPSA) is 30.5 Å². The predicted octanol–water partition coefficient (Wildman–Crippen LogP) is 1.79. The Morgan fingerprint density at radius 3 is 2.00 bits per heavy atom. The molecule has 14 heavy (non-hydrogen) atoms. The minimum atomic E-state index is 1.27. The van der Waals surface area contributed by atoms with Gasteiger partial charge in [0.2, 0.25) is 0 Å². The fourth-order valence-corrected chi connectivity index (χ4v) is 1.56. The van der Waals surface area contributed by atoms with Gasteiger partial charge in [0.15, 0.2) is 0 Å². The van der Waals surface area contributed by atoms with Crippen molar-refractivity contribution in [2.24, 2.45) is 0 Å². The third-order valence-electron chi connectivity index (χ3n) is 2.26. The number of fused-ring (bicyclic) bond motifs is 3. The molecule has 0 atom stereocenters. The number of hydrogen-bond donors (Lipinski definition) is 1. The molecule has 0 unspecified atom stereocenters. The van der Waals surface area contributed by atoms with E-state index < -0.39 is 0 Å².